The van der Waals surface area contributed by atoms with Crippen molar-refractivity contribution in [3.05, 3.63) is 69.6 Å². The van der Waals surface area contributed by atoms with Crippen LogP contribution in [0.3, 0.4) is 0 Å². The molecule has 1 fully saturated rings. The lowest BCUT2D eigenvalue weighted by Crippen LogP contribution is -2.55. The molecule has 0 unspecified atom stereocenters. The van der Waals surface area contributed by atoms with Crippen LogP contribution in [0.5, 0.6) is 0 Å². The predicted octanol–water partition coefficient (Wildman–Crippen LogP) is 5.77. The second-order valence-corrected chi connectivity index (χ2v) is 12.4. The fraction of sp³-hybridized carbons (Fsp3) is 0.419. The highest BCUT2D eigenvalue weighted by Gasteiger charge is 2.32. The summed E-state index contributed by atoms with van der Waals surface area (Å²) >= 11 is 6.86. The normalized spacial score (nSPS) is 15.9. The van der Waals surface area contributed by atoms with Gasteiger partial charge in [0.2, 0.25) is 0 Å². The zero-order valence-corrected chi connectivity index (χ0v) is 25.8. The molecule has 220 valence electrons. The van der Waals surface area contributed by atoms with Gasteiger partial charge in [-0.05, 0) is 70.4 Å². The number of carbonyl (C=O) groups excluding carboxylic acids is 1. The molecular weight excluding hydrogens is 554 g/mol. The van der Waals surface area contributed by atoms with Gasteiger partial charge in [0.15, 0.2) is 5.65 Å². The van der Waals surface area contributed by atoms with E-state index in [4.69, 9.17) is 21.3 Å². The van der Waals surface area contributed by atoms with Crippen molar-refractivity contribution in [2.75, 3.05) is 24.5 Å². The average molecular weight is 590 g/mol. The predicted molar refractivity (Wildman–Crippen MR) is 165 cm³/mol. The number of hydrogen-bond donors (Lipinski definition) is 0. The summed E-state index contributed by atoms with van der Waals surface area (Å²) < 4.78 is 7.14. The zero-order chi connectivity index (χ0) is 30.3. The Bertz CT molecular complexity index is 1700. The van der Waals surface area contributed by atoms with Crippen LogP contribution >= 0.6 is 11.6 Å². The van der Waals surface area contributed by atoms with Gasteiger partial charge in [-0.25, -0.2) is 19.1 Å². The maximum atomic E-state index is 14.0. The van der Waals surface area contributed by atoms with Crippen LogP contribution in [0.25, 0.3) is 28.0 Å². The van der Waals surface area contributed by atoms with Gasteiger partial charge in [-0.3, -0.25) is 9.97 Å². The Hall–Kier alpha value is -4.05. The summed E-state index contributed by atoms with van der Waals surface area (Å²) in [7, 11) is 0. The fourth-order valence-corrected chi connectivity index (χ4v) is 5.54. The summed E-state index contributed by atoms with van der Waals surface area (Å²) in [4.78, 5) is 49.0. The molecule has 0 N–H and O–H groups in total. The van der Waals surface area contributed by atoms with Crippen molar-refractivity contribution >= 4 is 34.5 Å². The Balaban J connectivity index is 1.70. The van der Waals surface area contributed by atoms with E-state index >= 15 is 0 Å². The van der Waals surface area contributed by atoms with Crippen LogP contribution in [-0.2, 0) is 4.74 Å². The van der Waals surface area contributed by atoms with Gasteiger partial charge in [-0.1, -0.05) is 25.4 Å². The van der Waals surface area contributed by atoms with E-state index in [1.807, 2.05) is 77.6 Å². The summed E-state index contributed by atoms with van der Waals surface area (Å²) in [6.45, 7) is 14.9. The minimum atomic E-state index is -0.590. The molecule has 5 rings (SSSR count). The first-order valence-electron chi connectivity index (χ1n) is 14.1. The number of pyridine rings is 3. The second-order valence-electron chi connectivity index (χ2n) is 12.0. The number of hydrogen-bond acceptors (Lipinski definition) is 8. The van der Waals surface area contributed by atoms with E-state index in [1.54, 1.807) is 28.1 Å². The van der Waals surface area contributed by atoms with Crippen molar-refractivity contribution in [2.24, 2.45) is 0 Å². The molecule has 0 saturated carbocycles. The molecule has 0 aliphatic carbocycles. The van der Waals surface area contributed by atoms with E-state index in [9.17, 15) is 9.59 Å². The molecule has 1 amide bonds. The number of fused-ring (bicyclic) bond motifs is 1. The van der Waals surface area contributed by atoms with Crippen molar-refractivity contribution in [2.45, 2.75) is 66.0 Å². The minimum Gasteiger partial charge on any atom is -0.444 e. The van der Waals surface area contributed by atoms with E-state index in [-0.39, 0.29) is 18.1 Å². The molecule has 1 atom stereocenters. The van der Waals surface area contributed by atoms with Crippen molar-refractivity contribution in [1.82, 2.24) is 29.4 Å². The first-order chi connectivity index (χ1) is 19.9. The molecular formula is C31H36ClN7O3. The third kappa shape index (κ3) is 5.68. The Morgan fingerprint density at radius 3 is 2.55 bits per heavy atom. The van der Waals surface area contributed by atoms with Gasteiger partial charge in [0.25, 0.3) is 0 Å². The van der Waals surface area contributed by atoms with Crippen LogP contribution in [0, 0.1) is 6.92 Å². The Morgan fingerprint density at radius 1 is 1.14 bits per heavy atom. The van der Waals surface area contributed by atoms with Crippen molar-refractivity contribution in [3.63, 3.8) is 0 Å². The molecule has 11 heteroatoms. The fourth-order valence-electron chi connectivity index (χ4n) is 5.28. The monoisotopic (exact) mass is 589 g/mol. The van der Waals surface area contributed by atoms with E-state index in [0.29, 0.717) is 52.9 Å². The molecule has 10 nitrogen and oxygen atoms in total. The zero-order valence-electron chi connectivity index (χ0n) is 25.1. The van der Waals surface area contributed by atoms with Crippen LogP contribution in [0.2, 0.25) is 5.02 Å². The summed E-state index contributed by atoms with van der Waals surface area (Å²) in [6, 6.07) is 7.24. The van der Waals surface area contributed by atoms with Gasteiger partial charge in [-0.15, -0.1) is 0 Å². The van der Waals surface area contributed by atoms with Gasteiger partial charge in [-0.2, -0.15) is 4.98 Å². The number of rotatable bonds is 4. The van der Waals surface area contributed by atoms with Crippen LogP contribution in [0.15, 0.2) is 47.7 Å². The number of halogens is 1. The highest BCUT2D eigenvalue weighted by molar-refractivity contribution is 6.33. The summed E-state index contributed by atoms with van der Waals surface area (Å²) in [6.07, 6.45) is 4.77. The van der Waals surface area contributed by atoms with Crippen LogP contribution in [0.4, 0.5) is 10.6 Å². The average Bonchev–Trinajstić information content (AvgIpc) is 2.92. The van der Waals surface area contributed by atoms with Crippen molar-refractivity contribution < 1.29 is 9.53 Å². The highest BCUT2D eigenvalue weighted by Crippen LogP contribution is 2.35. The lowest BCUT2D eigenvalue weighted by atomic mass is 10.0. The molecule has 1 aliphatic rings. The molecule has 5 heterocycles. The number of amides is 1. The van der Waals surface area contributed by atoms with Crippen molar-refractivity contribution in [1.29, 1.82) is 0 Å². The Morgan fingerprint density at radius 2 is 1.90 bits per heavy atom. The number of ether oxygens (including phenoxy) is 1. The summed E-state index contributed by atoms with van der Waals surface area (Å²) in [5, 5.41) is 1.04. The topological polar surface area (TPSA) is 106 Å². The molecule has 4 aromatic heterocycles. The van der Waals surface area contributed by atoms with E-state index in [0.717, 1.165) is 16.8 Å². The second kappa shape index (κ2) is 11.3. The number of nitrogens with zero attached hydrogens (tertiary/aromatic N) is 7. The van der Waals surface area contributed by atoms with Crippen LogP contribution in [0.1, 0.15) is 58.7 Å². The first-order valence-corrected chi connectivity index (χ1v) is 14.5. The number of piperazine rings is 1. The maximum Gasteiger partial charge on any atom is 0.410 e. The molecule has 4 aromatic rings. The van der Waals surface area contributed by atoms with E-state index in [1.165, 1.54) is 0 Å². The van der Waals surface area contributed by atoms with Gasteiger partial charge >= 0.3 is 11.8 Å². The number of carbonyl (C=O) groups is 1. The molecule has 0 bridgehead atoms. The van der Waals surface area contributed by atoms with Gasteiger partial charge < -0.3 is 14.5 Å². The molecule has 42 heavy (non-hydrogen) atoms. The summed E-state index contributed by atoms with van der Waals surface area (Å²) in [5.41, 5.74) is 2.92. The van der Waals surface area contributed by atoms with E-state index < -0.39 is 11.3 Å². The maximum absolute atomic E-state index is 14.0. The molecule has 1 saturated heterocycles. The van der Waals surface area contributed by atoms with E-state index in [2.05, 4.69) is 15.0 Å². The first kappa shape index (κ1) is 29.4. The molecule has 1 aliphatic heterocycles. The highest BCUT2D eigenvalue weighted by atomic mass is 35.5. The lowest BCUT2D eigenvalue weighted by molar-refractivity contribution is 0.0218. The molecule has 0 spiro atoms. The molecule has 0 radical (unpaired) electrons. The quantitative estimate of drug-likeness (QED) is 0.295. The third-order valence-corrected chi connectivity index (χ3v) is 7.50. The van der Waals surface area contributed by atoms with Crippen LogP contribution in [-0.4, -0.2) is 66.8 Å². The van der Waals surface area contributed by atoms with Crippen molar-refractivity contribution in [3.8, 4) is 16.9 Å². The number of aromatic nitrogens is 5. The summed E-state index contributed by atoms with van der Waals surface area (Å²) in [5.74, 6) is 0.523. The third-order valence-electron chi connectivity index (χ3n) is 7.21. The smallest absolute Gasteiger partial charge is 0.410 e. The largest absolute Gasteiger partial charge is 0.444 e. The van der Waals surface area contributed by atoms with Gasteiger partial charge in [0.1, 0.15) is 11.4 Å². The van der Waals surface area contributed by atoms with Gasteiger partial charge in [0.05, 0.1) is 27.5 Å². The SMILES string of the molecule is Cc1ccnc(C(C)C)c1-n1c(=O)nc(N2CCN(C(=O)OC(C)(C)C)C[C@@H]2C)c2cc(Cl)c(-c3cccnc3)nc21. The lowest BCUT2D eigenvalue weighted by Gasteiger charge is -2.41. The Kier molecular flexibility index (Phi) is 7.94. The minimum absolute atomic E-state index is 0.0487. The number of aryl methyl sites for hydroxylation is 1. The Labute approximate surface area is 250 Å². The standard InChI is InChI=1S/C31H36ClN7O3/c1-18(2)24-26(19(3)10-12-34-24)39-28-22(15-23(32)25(35-28)21-9-8-11-33-16-21)27(36-29(39)40)38-14-13-37(17-20(38)4)30(41)42-31(5,6)7/h8-12,15-16,18,20H,13-14,17H2,1-7H3/t20-/m0/s1. The molecule has 0 aromatic carbocycles. The van der Waals surface area contributed by atoms with Crippen LogP contribution < -0.4 is 10.6 Å². The van der Waals surface area contributed by atoms with Gasteiger partial charge in [0, 0.05) is 49.8 Å². The number of anilines is 1.